The van der Waals surface area contributed by atoms with Crippen LogP contribution in [0.15, 0.2) is 17.1 Å². The van der Waals surface area contributed by atoms with E-state index in [1.807, 2.05) is 0 Å². The van der Waals surface area contributed by atoms with Gasteiger partial charge < -0.3 is 20.7 Å². The number of nitrogens with two attached hydrogens (primary N) is 1. The number of nitrogens with zero attached hydrogens (tertiary/aromatic N) is 2. The zero-order valence-corrected chi connectivity index (χ0v) is 12.4. The summed E-state index contributed by atoms with van der Waals surface area (Å²) in [6.45, 7) is 0.405. The van der Waals surface area contributed by atoms with Gasteiger partial charge in [0, 0.05) is 6.20 Å². The van der Waals surface area contributed by atoms with E-state index in [9.17, 15) is 19.4 Å². The highest BCUT2D eigenvalue weighted by molar-refractivity contribution is 6.27. The Labute approximate surface area is 130 Å². The first-order valence-corrected chi connectivity index (χ1v) is 6.80. The number of aliphatic hydroxyl groups excluding tert-OH is 2. The van der Waals surface area contributed by atoms with Crippen molar-refractivity contribution in [3.63, 3.8) is 0 Å². The lowest BCUT2D eigenvalue weighted by Gasteiger charge is -2.25. The van der Waals surface area contributed by atoms with Crippen molar-refractivity contribution in [2.24, 2.45) is 0 Å². The number of nitrogen functional groups attached to an aromatic ring is 1. The second-order valence-corrected chi connectivity index (χ2v) is 5.51. The van der Waals surface area contributed by atoms with Gasteiger partial charge in [-0.15, -0.1) is 0 Å². The van der Waals surface area contributed by atoms with Gasteiger partial charge in [-0.25, -0.2) is 9.18 Å². The van der Waals surface area contributed by atoms with Gasteiger partial charge in [-0.1, -0.05) is 23.4 Å². The average molecular weight is 332 g/mol. The summed E-state index contributed by atoms with van der Waals surface area (Å²) in [6, 6.07) is 1.34. The highest BCUT2D eigenvalue weighted by Gasteiger charge is 2.57. The van der Waals surface area contributed by atoms with Crippen LogP contribution in [0.1, 0.15) is 13.2 Å². The number of rotatable bonds is 2. The number of aliphatic hydroxyl groups is 2. The van der Waals surface area contributed by atoms with Gasteiger partial charge in [0.25, 0.3) is 0 Å². The van der Waals surface area contributed by atoms with Crippen LogP contribution >= 0.6 is 11.6 Å². The van der Waals surface area contributed by atoms with Crippen molar-refractivity contribution in [3.8, 4) is 11.8 Å². The highest BCUT2D eigenvalue weighted by atomic mass is 35.5. The summed E-state index contributed by atoms with van der Waals surface area (Å²) >= 11 is 6.31. The van der Waals surface area contributed by atoms with Crippen molar-refractivity contribution in [2.75, 3.05) is 12.4 Å². The molecule has 1 aromatic heterocycles. The maximum atomic E-state index is 12.4. The predicted octanol–water partition coefficient (Wildman–Crippen LogP) is -0.585. The zero-order chi connectivity index (χ0) is 16.5. The molecule has 0 aliphatic carbocycles. The van der Waals surface area contributed by atoms with E-state index in [0.29, 0.717) is 0 Å². The van der Waals surface area contributed by atoms with E-state index in [4.69, 9.17) is 22.1 Å². The Balaban J connectivity index is 2.53. The summed E-state index contributed by atoms with van der Waals surface area (Å²) in [7, 11) is 0. The number of alkyl halides is 2. The molecule has 2 rings (SSSR count). The molecule has 1 aliphatic rings. The first-order valence-electron chi connectivity index (χ1n) is 6.42. The lowest BCUT2D eigenvalue weighted by molar-refractivity contribution is -0.0773. The largest absolute Gasteiger partial charge is 0.391 e. The molecule has 0 amide bonds. The monoisotopic (exact) mass is 331 g/mol. The van der Waals surface area contributed by atoms with E-state index in [2.05, 4.69) is 16.8 Å². The summed E-state index contributed by atoms with van der Waals surface area (Å²) in [4.78, 5) is 13.7. The van der Waals surface area contributed by atoms with Gasteiger partial charge in [0.2, 0.25) is 0 Å². The van der Waals surface area contributed by atoms with Crippen molar-refractivity contribution < 1.29 is 19.3 Å². The van der Waals surface area contributed by atoms with Crippen molar-refractivity contribution in [3.05, 3.63) is 22.7 Å². The Morgan fingerprint density at radius 3 is 2.95 bits per heavy atom. The molecule has 5 atom stereocenters. The molecule has 4 N–H and O–H groups in total. The Hall–Kier alpha value is -1.66. The number of halogens is 2. The quantitative estimate of drug-likeness (QED) is 0.494. The van der Waals surface area contributed by atoms with Gasteiger partial charge in [0.15, 0.2) is 11.1 Å². The van der Waals surface area contributed by atoms with Crippen LogP contribution in [0.4, 0.5) is 10.2 Å². The van der Waals surface area contributed by atoms with E-state index in [0.717, 1.165) is 4.57 Å². The first kappa shape index (κ1) is 16.7. The molecule has 2 heterocycles. The van der Waals surface area contributed by atoms with Gasteiger partial charge in [0.1, 0.15) is 24.7 Å². The van der Waals surface area contributed by atoms with Crippen LogP contribution in [0, 0.1) is 11.8 Å². The van der Waals surface area contributed by atoms with Gasteiger partial charge in [-0.2, -0.15) is 4.98 Å². The molecule has 0 saturated carbocycles. The third-order valence-corrected chi connectivity index (χ3v) is 3.82. The average Bonchev–Trinajstić information content (AvgIpc) is 2.70. The van der Waals surface area contributed by atoms with E-state index in [-0.39, 0.29) is 5.82 Å². The number of aromatic nitrogens is 2. The minimum Gasteiger partial charge on any atom is -0.391 e. The predicted molar refractivity (Wildman–Crippen MR) is 76.8 cm³/mol. The van der Waals surface area contributed by atoms with Crippen molar-refractivity contribution in [1.82, 2.24) is 9.55 Å². The second-order valence-electron chi connectivity index (χ2n) is 4.88. The highest BCUT2D eigenvalue weighted by Crippen LogP contribution is 2.43. The third kappa shape index (κ3) is 2.80. The summed E-state index contributed by atoms with van der Waals surface area (Å²) in [5, 5.41) is 19.9. The Bertz CT molecular complexity index is 671. The topological polar surface area (TPSA) is 111 Å². The van der Waals surface area contributed by atoms with Crippen LogP contribution in [0.3, 0.4) is 0 Å². The molecule has 0 bridgehead atoms. The molecular weight excluding hydrogens is 317 g/mol. The minimum absolute atomic E-state index is 0.00175. The standard InChI is InChI=1S/C13H15ClFN3O4/c1-7(19)9-10(20)13(14,4-2-5-15)11(22-9)18-6-3-8(16)17-12(18)21/h3,6-7,9-11,19-20H,5H2,1H3,(H2,16,17,21)/t7-,9-,10+,11-,13?/m1/s1. The molecule has 0 aromatic carbocycles. The van der Waals surface area contributed by atoms with Gasteiger partial charge in [0.05, 0.1) is 6.10 Å². The molecule has 0 radical (unpaired) electrons. The van der Waals surface area contributed by atoms with Crippen LogP contribution in [0.25, 0.3) is 0 Å². The van der Waals surface area contributed by atoms with Crippen LogP contribution < -0.4 is 11.4 Å². The van der Waals surface area contributed by atoms with Crippen LogP contribution in [0.2, 0.25) is 0 Å². The van der Waals surface area contributed by atoms with Gasteiger partial charge >= 0.3 is 5.69 Å². The lowest BCUT2D eigenvalue weighted by atomic mass is 9.96. The smallest absolute Gasteiger partial charge is 0.351 e. The van der Waals surface area contributed by atoms with Crippen molar-refractivity contribution in [1.29, 1.82) is 0 Å². The normalized spacial score (nSPS) is 32.3. The Kier molecular flexibility index (Phi) is 4.72. The molecule has 1 fully saturated rings. The van der Waals surface area contributed by atoms with E-state index >= 15 is 0 Å². The summed E-state index contributed by atoms with van der Waals surface area (Å²) < 4.78 is 18.8. The zero-order valence-electron chi connectivity index (χ0n) is 11.6. The van der Waals surface area contributed by atoms with Crippen LogP contribution in [-0.2, 0) is 4.74 Å². The summed E-state index contributed by atoms with van der Waals surface area (Å²) in [6.07, 6.45) is -3.60. The summed E-state index contributed by atoms with van der Waals surface area (Å²) in [5.41, 5.74) is 4.64. The van der Waals surface area contributed by atoms with Gasteiger partial charge in [-0.05, 0) is 13.0 Å². The van der Waals surface area contributed by atoms with Crippen LogP contribution in [0.5, 0.6) is 0 Å². The Morgan fingerprint density at radius 2 is 2.41 bits per heavy atom. The minimum atomic E-state index is -1.81. The molecule has 1 aromatic rings. The molecule has 1 saturated heterocycles. The molecule has 1 unspecified atom stereocenters. The van der Waals surface area contributed by atoms with Crippen molar-refractivity contribution in [2.45, 2.75) is 36.3 Å². The first-order chi connectivity index (χ1) is 10.3. The lowest BCUT2D eigenvalue weighted by Crippen LogP contribution is -2.44. The molecule has 22 heavy (non-hydrogen) atoms. The Morgan fingerprint density at radius 1 is 1.73 bits per heavy atom. The molecule has 1 aliphatic heterocycles. The number of hydrogen-bond donors (Lipinski definition) is 3. The fraction of sp³-hybridized carbons (Fsp3) is 0.538. The molecule has 9 heteroatoms. The van der Waals surface area contributed by atoms with Crippen molar-refractivity contribution >= 4 is 17.4 Å². The van der Waals surface area contributed by atoms with E-state index in [1.165, 1.54) is 19.2 Å². The fourth-order valence-electron chi connectivity index (χ4n) is 2.26. The van der Waals surface area contributed by atoms with E-state index in [1.54, 1.807) is 0 Å². The maximum Gasteiger partial charge on any atom is 0.351 e. The fourth-order valence-corrected chi connectivity index (χ4v) is 2.61. The number of hydrogen-bond acceptors (Lipinski definition) is 6. The maximum absolute atomic E-state index is 12.4. The molecule has 7 nitrogen and oxygen atoms in total. The number of anilines is 1. The molecular formula is C13H15ClFN3O4. The van der Waals surface area contributed by atoms with Crippen LogP contribution in [-0.4, -0.2) is 49.6 Å². The molecule has 0 spiro atoms. The summed E-state index contributed by atoms with van der Waals surface area (Å²) in [5.74, 6) is 4.49. The number of ether oxygens (including phenoxy) is 1. The SMILES string of the molecule is C[C@@H](O)[C@H]1O[C@@H](n2ccc(N)nc2=O)C(Cl)(C#CCF)[C@H]1O. The third-order valence-electron chi connectivity index (χ3n) is 3.31. The second kappa shape index (κ2) is 6.22. The van der Waals surface area contributed by atoms with E-state index < -0.39 is 41.8 Å². The molecule has 120 valence electrons. The van der Waals surface area contributed by atoms with Gasteiger partial charge in [-0.3, -0.25) is 4.57 Å².